The van der Waals surface area contributed by atoms with E-state index in [1.54, 1.807) is 12.1 Å². The number of morpholine rings is 1. The summed E-state index contributed by atoms with van der Waals surface area (Å²) in [4.78, 5) is 16.8. The van der Waals surface area contributed by atoms with Gasteiger partial charge in [-0.25, -0.2) is 28.4 Å². The van der Waals surface area contributed by atoms with Gasteiger partial charge in [-0.05, 0) is 73.4 Å². The number of hydrogen-bond acceptors (Lipinski definition) is 8. The van der Waals surface area contributed by atoms with Gasteiger partial charge < -0.3 is 13.8 Å². The summed E-state index contributed by atoms with van der Waals surface area (Å²) < 4.78 is 37.6. The minimum atomic E-state index is -4.27. The Labute approximate surface area is 242 Å². The summed E-state index contributed by atoms with van der Waals surface area (Å²) >= 11 is 0. The van der Waals surface area contributed by atoms with Crippen LogP contribution in [0.15, 0.2) is 49.1 Å². The Bertz CT molecular complexity index is 1080. The van der Waals surface area contributed by atoms with Crippen LogP contribution in [0.3, 0.4) is 0 Å². The molecular weight excluding hydrogens is 526 g/mol. The highest BCUT2D eigenvalue weighted by atomic mass is 32.2. The molecule has 1 heterocycles. The normalized spacial score (nSPS) is 17.4. The van der Waals surface area contributed by atoms with Crippen LogP contribution in [0.5, 0.6) is 0 Å². The van der Waals surface area contributed by atoms with Crippen molar-refractivity contribution >= 4 is 22.1 Å². The molecule has 1 aromatic carbocycles. The van der Waals surface area contributed by atoms with Crippen molar-refractivity contribution in [1.82, 2.24) is 0 Å². The average Bonchev–Trinajstić information content (AvgIpc) is 2.84. The first-order valence-corrected chi connectivity index (χ1v) is 15.6. The van der Waals surface area contributed by atoms with Crippen molar-refractivity contribution in [3.05, 3.63) is 29.8 Å². The molecule has 226 valence electrons. The molecule has 0 spiro atoms. The summed E-state index contributed by atoms with van der Waals surface area (Å²) in [5, 5.41) is 0. The summed E-state index contributed by atoms with van der Waals surface area (Å²) in [5.41, 5.74) is 0.807. The smallest absolute Gasteiger partial charge is 0.124 e. The van der Waals surface area contributed by atoms with Gasteiger partial charge in [-0.1, -0.05) is 37.0 Å². The van der Waals surface area contributed by atoms with E-state index in [0.717, 1.165) is 49.4 Å². The second kappa shape index (κ2) is 16.9. The van der Waals surface area contributed by atoms with E-state index in [-0.39, 0.29) is 16.0 Å². The van der Waals surface area contributed by atoms with Crippen LogP contribution >= 0.6 is 0 Å². The molecule has 40 heavy (non-hydrogen) atoms. The number of likely N-dealkylation sites (N-methyl/N-ethyl adjacent to an activating group) is 1. The number of ether oxygens (including phenoxy) is 1. The molecular formula is C30H51N5O4S. The van der Waals surface area contributed by atoms with Gasteiger partial charge in [0.15, 0.2) is 0 Å². The fourth-order valence-electron chi connectivity index (χ4n) is 3.71. The van der Waals surface area contributed by atoms with Crippen molar-refractivity contribution in [2.45, 2.75) is 103 Å². The van der Waals surface area contributed by atoms with E-state index in [1.807, 2.05) is 48.5 Å². The van der Waals surface area contributed by atoms with E-state index in [9.17, 15) is 13.0 Å². The lowest BCUT2D eigenvalue weighted by Crippen LogP contribution is -2.53. The summed E-state index contributed by atoms with van der Waals surface area (Å²) in [6.45, 7) is 19.9. The molecule has 0 N–H and O–H groups in total. The number of benzene rings is 1. The zero-order chi connectivity index (χ0) is 30.3. The molecule has 1 saturated carbocycles. The van der Waals surface area contributed by atoms with Gasteiger partial charge >= 0.3 is 0 Å². The highest BCUT2D eigenvalue weighted by Gasteiger charge is 2.24. The fraction of sp³-hybridized carbons (Fsp3) is 0.733. The number of aliphatic imine (C=N–C) groups is 4. The molecule has 0 amide bonds. The van der Waals surface area contributed by atoms with Crippen molar-refractivity contribution in [2.75, 3.05) is 46.4 Å². The van der Waals surface area contributed by atoms with Crippen LogP contribution < -0.4 is 0 Å². The zero-order valence-electron chi connectivity index (χ0n) is 25.9. The molecule has 2 aliphatic rings. The monoisotopic (exact) mass is 577 g/mol. The molecule has 1 saturated heterocycles. The Kier molecular flexibility index (Phi) is 15.2. The third-order valence-electron chi connectivity index (χ3n) is 6.27. The topological polar surface area (TPSA) is 116 Å². The van der Waals surface area contributed by atoms with Gasteiger partial charge in [-0.3, -0.25) is 0 Å². The SMILES string of the molecule is CC(C)(C)N=C=NC(C)(C)C.C[N+]1(CCN=C=NC2CCCCC2)CCOCC1.Cc1ccc(S(=O)(=O)[O-])cc1. The summed E-state index contributed by atoms with van der Waals surface area (Å²) in [5.74, 6) is 0. The van der Waals surface area contributed by atoms with Crippen LogP contribution in [0.2, 0.25) is 0 Å². The molecule has 9 nitrogen and oxygen atoms in total. The van der Waals surface area contributed by atoms with Crippen molar-refractivity contribution in [3.63, 3.8) is 0 Å². The second-order valence-electron chi connectivity index (χ2n) is 12.7. The number of aryl methyl sites for hydroxylation is 1. The van der Waals surface area contributed by atoms with E-state index < -0.39 is 10.1 Å². The molecule has 3 rings (SSSR count). The molecule has 2 fully saturated rings. The quantitative estimate of drug-likeness (QED) is 0.256. The molecule has 0 unspecified atom stereocenters. The van der Waals surface area contributed by atoms with Crippen molar-refractivity contribution in [1.29, 1.82) is 0 Å². The Hall–Kier alpha value is -2.19. The van der Waals surface area contributed by atoms with Gasteiger partial charge in [0, 0.05) is 0 Å². The minimum absolute atomic E-state index is 0.0608. The third kappa shape index (κ3) is 18.2. The largest absolute Gasteiger partial charge is 0.744 e. The van der Waals surface area contributed by atoms with E-state index in [0.29, 0.717) is 6.04 Å². The van der Waals surface area contributed by atoms with Crippen LogP contribution in [-0.4, -0.2) is 93.0 Å². The van der Waals surface area contributed by atoms with Crippen LogP contribution in [0.4, 0.5) is 0 Å². The standard InChI is InChI=1S/C14H26N3O.C9H18N2.C7H8O3S/c1-17(9-11-18-12-10-17)8-7-15-13-16-14-5-3-2-4-6-14;1-8(2,3)10-7-11-9(4,5)6;1-6-2-4-7(5-3-6)11(8,9)10/h14H,2-12H2,1H3;1-6H3;2-5H,1H3,(H,8,9,10)/q+1;;/p-1. The Balaban J connectivity index is 0.000000318. The average molecular weight is 578 g/mol. The van der Waals surface area contributed by atoms with Crippen molar-refractivity contribution in [3.8, 4) is 0 Å². The molecule has 0 aromatic heterocycles. The Morgan fingerprint density at radius 1 is 0.925 bits per heavy atom. The first kappa shape index (κ1) is 35.8. The van der Waals surface area contributed by atoms with E-state index >= 15 is 0 Å². The first-order chi connectivity index (χ1) is 18.5. The summed E-state index contributed by atoms with van der Waals surface area (Å²) in [6.07, 6.45) is 6.48. The van der Waals surface area contributed by atoms with E-state index in [2.05, 4.69) is 39.0 Å². The van der Waals surface area contributed by atoms with Crippen LogP contribution in [0, 0.1) is 6.92 Å². The number of nitrogens with zero attached hydrogens (tertiary/aromatic N) is 5. The number of rotatable bonds is 5. The van der Waals surface area contributed by atoms with Crippen LogP contribution in [-0.2, 0) is 14.9 Å². The Morgan fingerprint density at radius 3 is 1.93 bits per heavy atom. The second-order valence-corrected chi connectivity index (χ2v) is 14.1. The van der Waals surface area contributed by atoms with Gasteiger partial charge in [0.1, 0.15) is 23.2 Å². The van der Waals surface area contributed by atoms with Gasteiger partial charge in [0.05, 0.1) is 67.4 Å². The maximum Gasteiger partial charge on any atom is 0.124 e. The molecule has 0 radical (unpaired) electrons. The van der Waals surface area contributed by atoms with Gasteiger partial charge in [0.25, 0.3) is 0 Å². The third-order valence-corrected chi connectivity index (χ3v) is 7.12. The zero-order valence-corrected chi connectivity index (χ0v) is 26.8. The summed E-state index contributed by atoms with van der Waals surface area (Å²) in [7, 11) is -1.98. The molecule has 1 aromatic rings. The molecule has 1 aliphatic heterocycles. The highest BCUT2D eigenvalue weighted by Crippen LogP contribution is 2.19. The summed E-state index contributed by atoms with van der Waals surface area (Å²) in [6, 6.07) is 11.9. The van der Waals surface area contributed by atoms with Crippen LogP contribution in [0.25, 0.3) is 0 Å². The lowest BCUT2D eigenvalue weighted by molar-refractivity contribution is -0.915. The van der Waals surface area contributed by atoms with Gasteiger partial charge in [0.2, 0.25) is 0 Å². The molecule has 0 bridgehead atoms. The Morgan fingerprint density at radius 2 is 1.45 bits per heavy atom. The molecule has 0 atom stereocenters. The first-order valence-electron chi connectivity index (χ1n) is 14.2. The lowest BCUT2D eigenvalue weighted by Gasteiger charge is -2.36. The van der Waals surface area contributed by atoms with E-state index in [4.69, 9.17) is 4.74 Å². The van der Waals surface area contributed by atoms with Gasteiger partial charge in [-0.2, -0.15) is 0 Å². The number of quaternary nitrogens is 1. The lowest BCUT2D eigenvalue weighted by atomic mass is 9.96. The predicted molar refractivity (Wildman–Crippen MR) is 162 cm³/mol. The van der Waals surface area contributed by atoms with Gasteiger partial charge in [-0.15, -0.1) is 0 Å². The van der Waals surface area contributed by atoms with Crippen molar-refractivity contribution < 1.29 is 22.2 Å². The maximum absolute atomic E-state index is 10.4. The predicted octanol–water partition coefficient (Wildman–Crippen LogP) is 5.63. The molecule has 1 aliphatic carbocycles. The van der Waals surface area contributed by atoms with Crippen molar-refractivity contribution in [2.24, 2.45) is 20.0 Å². The maximum atomic E-state index is 10.4. The minimum Gasteiger partial charge on any atom is -0.744 e. The van der Waals surface area contributed by atoms with Crippen LogP contribution in [0.1, 0.15) is 79.2 Å². The number of hydrogen-bond donors (Lipinski definition) is 0. The van der Waals surface area contributed by atoms with E-state index in [1.165, 1.54) is 44.2 Å². The highest BCUT2D eigenvalue weighted by molar-refractivity contribution is 7.85. The molecule has 10 heteroatoms. The fourth-order valence-corrected chi connectivity index (χ4v) is 4.18.